The molecule has 15 heavy (non-hydrogen) atoms. The standard InChI is InChI=1S/C11H17NO.C2H4/c1-9(2)6-7-13-11-5-4-10(3)12-8-11;1-2/h4-5,8-9H,6-7H2,1-3H3;1-2H2. The molecule has 1 aromatic heterocycles. The van der Waals surface area contributed by atoms with E-state index in [1.54, 1.807) is 6.20 Å². The van der Waals surface area contributed by atoms with Crippen LogP contribution in [-0.2, 0) is 0 Å². The summed E-state index contributed by atoms with van der Waals surface area (Å²) in [6.07, 6.45) is 2.86. The van der Waals surface area contributed by atoms with Crippen LogP contribution < -0.4 is 4.74 Å². The first-order valence-electron chi connectivity index (χ1n) is 5.24. The van der Waals surface area contributed by atoms with Crippen LogP contribution in [0.1, 0.15) is 26.0 Å². The van der Waals surface area contributed by atoms with Crippen molar-refractivity contribution in [1.82, 2.24) is 4.98 Å². The summed E-state index contributed by atoms with van der Waals surface area (Å²) in [5, 5.41) is 0. The van der Waals surface area contributed by atoms with Gasteiger partial charge in [0, 0.05) is 5.69 Å². The summed E-state index contributed by atoms with van der Waals surface area (Å²) in [4.78, 5) is 4.15. The van der Waals surface area contributed by atoms with Crippen LogP contribution in [-0.4, -0.2) is 11.6 Å². The highest BCUT2D eigenvalue weighted by Gasteiger charge is 1.96. The predicted octanol–water partition coefficient (Wildman–Crippen LogP) is 3.62. The molecule has 0 saturated carbocycles. The van der Waals surface area contributed by atoms with E-state index in [1.165, 1.54) is 0 Å². The van der Waals surface area contributed by atoms with Gasteiger partial charge < -0.3 is 4.74 Å². The fourth-order valence-electron chi connectivity index (χ4n) is 0.952. The molecule has 0 amide bonds. The Kier molecular flexibility index (Phi) is 7.33. The number of nitrogens with zero attached hydrogens (tertiary/aromatic N) is 1. The molecule has 0 N–H and O–H groups in total. The molecular weight excluding hydrogens is 186 g/mol. The van der Waals surface area contributed by atoms with Gasteiger partial charge in [-0.1, -0.05) is 13.8 Å². The number of aryl methyl sites for hydroxylation is 1. The van der Waals surface area contributed by atoms with Gasteiger partial charge in [0.05, 0.1) is 12.8 Å². The summed E-state index contributed by atoms with van der Waals surface area (Å²) in [6, 6.07) is 3.92. The number of ether oxygens (including phenoxy) is 1. The third-order valence-electron chi connectivity index (χ3n) is 1.85. The normalized spacial score (nSPS) is 9.33. The van der Waals surface area contributed by atoms with Gasteiger partial charge in [-0.05, 0) is 31.4 Å². The van der Waals surface area contributed by atoms with Crippen molar-refractivity contribution in [2.24, 2.45) is 5.92 Å². The molecule has 1 aromatic rings. The Hall–Kier alpha value is -1.31. The molecule has 0 saturated heterocycles. The average molecular weight is 207 g/mol. The summed E-state index contributed by atoms with van der Waals surface area (Å²) in [6.45, 7) is 13.1. The van der Waals surface area contributed by atoms with Gasteiger partial charge in [-0.15, -0.1) is 13.2 Å². The molecule has 0 unspecified atom stereocenters. The van der Waals surface area contributed by atoms with Crippen molar-refractivity contribution in [2.45, 2.75) is 27.2 Å². The predicted molar refractivity (Wildman–Crippen MR) is 65.2 cm³/mol. The molecule has 2 nitrogen and oxygen atoms in total. The van der Waals surface area contributed by atoms with E-state index >= 15 is 0 Å². The van der Waals surface area contributed by atoms with Crippen LogP contribution in [0.3, 0.4) is 0 Å². The van der Waals surface area contributed by atoms with Crippen LogP contribution >= 0.6 is 0 Å². The molecule has 0 aliphatic heterocycles. The highest BCUT2D eigenvalue weighted by atomic mass is 16.5. The zero-order chi connectivity index (χ0) is 11.7. The summed E-state index contributed by atoms with van der Waals surface area (Å²) in [7, 11) is 0. The molecule has 0 fully saturated rings. The maximum absolute atomic E-state index is 5.51. The lowest BCUT2D eigenvalue weighted by atomic mass is 10.1. The molecule has 0 radical (unpaired) electrons. The Labute approximate surface area is 93.0 Å². The molecule has 0 aliphatic rings. The van der Waals surface area contributed by atoms with Crippen molar-refractivity contribution in [1.29, 1.82) is 0 Å². The molecule has 0 atom stereocenters. The molecule has 0 bridgehead atoms. The molecule has 84 valence electrons. The number of aromatic nitrogens is 1. The van der Waals surface area contributed by atoms with Crippen LogP contribution in [0, 0.1) is 12.8 Å². The second kappa shape index (κ2) is 8.04. The van der Waals surface area contributed by atoms with Gasteiger partial charge in [-0.25, -0.2) is 0 Å². The minimum atomic E-state index is 0.693. The summed E-state index contributed by atoms with van der Waals surface area (Å²) in [5.41, 5.74) is 1.02. The lowest BCUT2D eigenvalue weighted by molar-refractivity contribution is 0.288. The van der Waals surface area contributed by atoms with Crippen molar-refractivity contribution in [3.8, 4) is 5.75 Å². The third kappa shape index (κ3) is 6.72. The Morgan fingerprint density at radius 1 is 1.33 bits per heavy atom. The molecule has 0 spiro atoms. The van der Waals surface area contributed by atoms with Crippen molar-refractivity contribution in [2.75, 3.05) is 6.61 Å². The van der Waals surface area contributed by atoms with Gasteiger partial charge in [0.2, 0.25) is 0 Å². The maximum Gasteiger partial charge on any atom is 0.137 e. The van der Waals surface area contributed by atoms with E-state index in [9.17, 15) is 0 Å². The Morgan fingerprint density at radius 2 is 2.00 bits per heavy atom. The smallest absolute Gasteiger partial charge is 0.137 e. The van der Waals surface area contributed by atoms with E-state index < -0.39 is 0 Å². The fraction of sp³-hybridized carbons (Fsp3) is 0.462. The third-order valence-corrected chi connectivity index (χ3v) is 1.85. The van der Waals surface area contributed by atoms with E-state index in [2.05, 4.69) is 32.0 Å². The first kappa shape index (κ1) is 13.7. The molecule has 0 aromatic carbocycles. The maximum atomic E-state index is 5.51. The average Bonchev–Trinajstić information content (AvgIpc) is 2.23. The van der Waals surface area contributed by atoms with Crippen molar-refractivity contribution >= 4 is 0 Å². The van der Waals surface area contributed by atoms with E-state index in [4.69, 9.17) is 4.74 Å². The zero-order valence-electron chi connectivity index (χ0n) is 9.99. The summed E-state index contributed by atoms with van der Waals surface area (Å²) < 4.78 is 5.51. The number of pyridine rings is 1. The highest BCUT2D eigenvalue weighted by molar-refractivity contribution is 5.18. The largest absolute Gasteiger partial charge is 0.492 e. The van der Waals surface area contributed by atoms with E-state index in [0.717, 1.165) is 24.5 Å². The van der Waals surface area contributed by atoms with Crippen LogP contribution in [0.2, 0.25) is 0 Å². The molecule has 0 aliphatic carbocycles. The van der Waals surface area contributed by atoms with Crippen LogP contribution in [0.4, 0.5) is 0 Å². The van der Waals surface area contributed by atoms with Crippen molar-refractivity contribution in [3.05, 3.63) is 37.2 Å². The van der Waals surface area contributed by atoms with Gasteiger partial charge in [-0.2, -0.15) is 0 Å². The minimum absolute atomic E-state index is 0.693. The first-order valence-corrected chi connectivity index (χ1v) is 5.24. The van der Waals surface area contributed by atoms with Gasteiger partial charge in [-0.3, -0.25) is 4.98 Å². The van der Waals surface area contributed by atoms with Gasteiger partial charge in [0.15, 0.2) is 0 Å². The van der Waals surface area contributed by atoms with Crippen LogP contribution in [0.25, 0.3) is 0 Å². The Bertz CT molecular complexity index is 254. The van der Waals surface area contributed by atoms with Crippen LogP contribution in [0.15, 0.2) is 31.5 Å². The fourth-order valence-corrected chi connectivity index (χ4v) is 0.952. The molecule has 2 heteroatoms. The first-order chi connectivity index (χ1) is 7.18. The number of hydrogen-bond donors (Lipinski definition) is 0. The number of hydrogen-bond acceptors (Lipinski definition) is 2. The van der Waals surface area contributed by atoms with E-state index in [0.29, 0.717) is 5.92 Å². The highest BCUT2D eigenvalue weighted by Crippen LogP contribution is 2.09. The molecule has 1 rings (SSSR count). The topological polar surface area (TPSA) is 22.1 Å². The number of rotatable bonds is 4. The van der Waals surface area contributed by atoms with Crippen molar-refractivity contribution in [3.63, 3.8) is 0 Å². The van der Waals surface area contributed by atoms with E-state index in [1.807, 2.05) is 19.1 Å². The second-order valence-corrected chi connectivity index (χ2v) is 3.67. The Morgan fingerprint density at radius 3 is 2.47 bits per heavy atom. The summed E-state index contributed by atoms with van der Waals surface area (Å²) >= 11 is 0. The monoisotopic (exact) mass is 207 g/mol. The Balaban J connectivity index is 0.000000921. The van der Waals surface area contributed by atoms with Crippen molar-refractivity contribution < 1.29 is 4.74 Å². The second-order valence-electron chi connectivity index (χ2n) is 3.67. The lowest BCUT2D eigenvalue weighted by Crippen LogP contribution is -2.01. The quantitative estimate of drug-likeness (QED) is 0.703. The zero-order valence-corrected chi connectivity index (χ0v) is 9.99. The minimum Gasteiger partial charge on any atom is -0.492 e. The molecule has 1 heterocycles. The van der Waals surface area contributed by atoms with Crippen LogP contribution in [0.5, 0.6) is 5.75 Å². The van der Waals surface area contributed by atoms with Gasteiger partial charge in [0.25, 0.3) is 0 Å². The SMILES string of the molecule is C=C.Cc1ccc(OCCC(C)C)cn1. The van der Waals surface area contributed by atoms with E-state index in [-0.39, 0.29) is 0 Å². The van der Waals surface area contributed by atoms with Gasteiger partial charge in [0.1, 0.15) is 5.75 Å². The summed E-state index contributed by atoms with van der Waals surface area (Å²) in [5.74, 6) is 1.56. The lowest BCUT2D eigenvalue weighted by Gasteiger charge is -2.07. The van der Waals surface area contributed by atoms with Gasteiger partial charge >= 0.3 is 0 Å². The molecular formula is C13H21NO.